The highest BCUT2D eigenvalue weighted by molar-refractivity contribution is 7.59. The number of likely N-dealkylation sites (N-methyl/N-ethyl adjacent to an activating group) is 1. The summed E-state index contributed by atoms with van der Waals surface area (Å²) < 4.78 is 14.2. The van der Waals surface area contributed by atoms with Crippen molar-refractivity contribution in [1.29, 1.82) is 0 Å². The van der Waals surface area contributed by atoms with Crippen LogP contribution in [0.25, 0.3) is 33.3 Å². The monoisotopic (exact) mass is 1080 g/mol. The lowest BCUT2D eigenvalue weighted by atomic mass is 9.84. The maximum absolute atomic E-state index is 14.8. The van der Waals surface area contributed by atoms with Crippen LogP contribution in [0.2, 0.25) is 0 Å². The summed E-state index contributed by atoms with van der Waals surface area (Å²) in [6, 6.07) is 15.2. The zero-order valence-electron chi connectivity index (χ0n) is 43.9. The molecule has 19 heteroatoms. The lowest BCUT2D eigenvalue weighted by Gasteiger charge is -2.37. The van der Waals surface area contributed by atoms with E-state index in [1.54, 1.807) is 31.2 Å². The fourth-order valence-corrected chi connectivity index (χ4v) is 10.5. The molecular formula is C54H79N7O8S4. The number of nitrogens with zero attached hydrogens (tertiary/aromatic N) is 5. The van der Waals surface area contributed by atoms with Gasteiger partial charge in [-0.05, 0) is 128 Å². The molecule has 2 fully saturated rings. The molecule has 402 valence electrons. The Morgan fingerprint density at radius 1 is 0.959 bits per heavy atom. The number of nitrogens with one attached hydrogen (secondary N) is 2. The number of rotatable bonds is 12. The van der Waals surface area contributed by atoms with E-state index in [1.807, 2.05) is 26.0 Å². The molecule has 4 aromatic rings. The number of cyclic esters (lactones) is 1. The molecule has 4 atom stereocenters. The number of phenolic OH excluding ortho intramolecular Hbond substituents is 1. The van der Waals surface area contributed by atoms with Crippen molar-refractivity contribution in [3.63, 3.8) is 0 Å². The average Bonchev–Trinajstić information content (AvgIpc) is 3.93. The van der Waals surface area contributed by atoms with E-state index in [4.69, 9.17) is 9.47 Å². The molecule has 1 aromatic heterocycles. The predicted octanol–water partition coefficient (Wildman–Crippen LogP) is 6.53. The van der Waals surface area contributed by atoms with Crippen molar-refractivity contribution in [2.75, 3.05) is 54.5 Å². The highest BCUT2D eigenvalue weighted by Gasteiger charge is 2.40. The molecule has 3 aromatic carbocycles. The summed E-state index contributed by atoms with van der Waals surface area (Å²) in [7, 11) is 7.40. The molecule has 6 bridgehead atoms. The standard InChI is InChI=1S/C54H71N7O8.4H2S/c1-11-47(63)59-21-19-38(30-59)51(65)58(9)48(33(3)4)50(64)55-45-24-34-22-39(26-41(62)23-34)35-17-18-46-42(27-35)43(28-54(5,6)32-69-53(67)44-14-13-20-61(56-44)52(45)66)49(60(46)12-2)36-15-16-37(29-57(7)8)40(25-36)31-68-10;;;;/h11,15-18,22-23,25-27,33,38,44-45,48,56,62H,1,12-14,19-21,24,28-32H2,2-10H3,(H,55,64);4*1H2/t38-,44-,45-,48-;;;;/m0..../s1. The molecule has 7 rings (SSSR count). The van der Waals surface area contributed by atoms with Gasteiger partial charge in [-0.3, -0.25) is 29.0 Å². The van der Waals surface area contributed by atoms with E-state index in [2.05, 4.69) is 92.0 Å². The Bertz CT molecular complexity index is 2620. The summed E-state index contributed by atoms with van der Waals surface area (Å²) in [4.78, 5) is 74.7. The molecule has 4 heterocycles. The van der Waals surface area contributed by atoms with E-state index in [-0.39, 0.29) is 104 Å². The van der Waals surface area contributed by atoms with Gasteiger partial charge in [0.1, 0.15) is 23.9 Å². The summed E-state index contributed by atoms with van der Waals surface area (Å²) in [6.45, 7) is 16.5. The summed E-state index contributed by atoms with van der Waals surface area (Å²) >= 11 is 0. The van der Waals surface area contributed by atoms with Crippen molar-refractivity contribution >= 4 is 94.5 Å². The largest absolute Gasteiger partial charge is 0.508 e. The number of likely N-dealkylation sites (tertiary alicyclic amines) is 1. The Morgan fingerprint density at radius 2 is 1.67 bits per heavy atom. The second kappa shape index (κ2) is 26.7. The zero-order valence-corrected chi connectivity index (χ0v) is 47.9. The summed E-state index contributed by atoms with van der Waals surface area (Å²) in [5, 5.41) is 16.8. The maximum Gasteiger partial charge on any atom is 0.324 e. The first kappa shape index (κ1) is 62.7. The van der Waals surface area contributed by atoms with Crippen LogP contribution >= 0.6 is 54.0 Å². The third-order valence-corrected chi connectivity index (χ3v) is 13.8. The molecular weight excluding hydrogens is 1000 g/mol. The molecule has 3 aliphatic heterocycles. The van der Waals surface area contributed by atoms with Crippen molar-refractivity contribution in [1.82, 2.24) is 35.0 Å². The zero-order chi connectivity index (χ0) is 49.9. The number of carbonyl (C=O) groups excluding carboxylic acids is 5. The van der Waals surface area contributed by atoms with E-state index < -0.39 is 47.2 Å². The van der Waals surface area contributed by atoms with Gasteiger partial charge in [-0.15, -0.1) is 0 Å². The van der Waals surface area contributed by atoms with Gasteiger partial charge in [0.05, 0.1) is 24.8 Å². The number of carbonyl (C=O) groups is 5. The molecule has 15 nitrogen and oxygen atoms in total. The van der Waals surface area contributed by atoms with Crippen LogP contribution in [0.3, 0.4) is 0 Å². The Morgan fingerprint density at radius 3 is 2.33 bits per heavy atom. The van der Waals surface area contributed by atoms with Gasteiger partial charge >= 0.3 is 5.97 Å². The third kappa shape index (κ3) is 14.2. The molecule has 0 aliphatic carbocycles. The van der Waals surface area contributed by atoms with E-state index >= 15 is 0 Å². The number of aromatic hydroxyl groups is 1. The number of fused-ring (bicyclic) bond motifs is 6. The van der Waals surface area contributed by atoms with Crippen LogP contribution in [0, 0.1) is 17.3 Å². The van der Waals surface area contributed by atoms with Gasteiger partial charge < -0.3 is 39.2 Å². The summed E-state index contributed by atoms with van der Waals surface area (Å²) in [5.41, 5.74) is 11.3. The smallest absolute Gasteiger partial charge is 0.324 e. The second-order valence-electron chi connectivity index (χ2n) is 20.5. The summed E-state index contributed by atoms with van der Waals surface area (Å²) in [6.07, 6.45) is 3.21. The molecule has 73 heavy (non-hydrogen) atoms. The molecule has 3 N–H and O–H groups in total. The van der Waals surface area contributed by atoms with Crippen molar-refractivity contribution in [3.05, 3.63) is 89.5 Å². The number of methoxy groups -OCH3 is 1. The van der Waals surface area contributed by atoms with E-state index in [1.165, 1.54) is 21.5 Å². The molecule has 4 amide bonds. The molecule has 2 saturated heterocycles. The number of aryl methyl sites for hydroxylation is 1. The number of phenols is 1. The number of esters is 1. The topological polar surface area (TPSA) is 166 Å². The maximum atomic E-state index is 14.8. The normalized spacial score (nSPS) is 19.1. The lowest BCUT2D eigenvalue weighted by Crippen LogP contribution is -2.62. The van der Waals surface area contributed by atoms with Gasteiger partial charge in [0.15, 0.2) is 0 Å². The van der Waals surface area contributed by atoms with Crippen LogP contribution in [0.1, 0.15) is 76.1 Å². The Hall–Kier alpha value is -4.63. The van der Waals surface area contributed by atoms with Gasteiger partial charge in [-0.2, -0.15) is 54.0 Å². The Kier molecular flexibility index (Phi) is 22.9. The molecule has 0 spiro atoms. The minimum atomic E-state index is -1.16. The van der Waals surface area contributed by atoms with Gasteiger partial charge in [-0.25, -0.2) is 5.43 Å². The minimum absolute atomic E-state index is 0. The summed E-state index contributed by atoms with van der Waals surface area (Å²) in [5.74, 6) is -2.83. The number of ether oxygens (including phenoxy) is 2. The van der Waals surface area contributed by atoms with Crippen LogP contribution < -0.4 is 10.7 Å². The lowest BCUT2D eigenvalue weighted by molar-refractivity contribution is -0.155. The first-order chi connectivity index (χ1) is 32.8. The fraction of sp³-hybridized carbons (Fsp3) is 0.500. The van der Waals surface area contributed by atoms with Crippen LogP contribution in [-0.4, -0.2) is 132 Å². The second-order valence-corrected chi connectivity index (χ2v) is 20.5. The SMILES string of the molecule is C=CC(=O)N1CC[C@H](C(=O)N(C)[C@H](C(=O)N[C@H]2Cc3cc(O)cc(c3)-c3ccc4c(c3)c(c(-c3ccc(CN(C)C)c(COC)c3)n4CC)CC(C)(C)COC(=O)[C@@H]3CCCN(N3)C2=O)C(C)C)C1.S.S.S.S. The Balaban J connectivity index is 0.00000352. The number of amides is 4. The number of aromatic nitrogens is 1. The van der Waals surface area contributed by atoms with Crippen LogP contribution in [-0.2, 0) is 66.0 Å². The third-order valence-electron chi connectivity index (χ3n) is 13.8. The van der Waals surface area contributed by atoms with Gasteiger partial charge in [0, 0.05) is 69.6 Å². The number of benzene rings is 3. The molecule has 0 saturated carbocycles. The number of hydrogen-bond donors (Lipinski definition) is 3. The minimum Gasteiger partial charge on any atom is -0.508 e. The van der Waals surface area contributed by atoms with E-state index in [0.717, 1.165) is 51.0 Å². The Labute approximate surface area is 459 Å². The van der Waals surface area contributed by atoms with Crippen LogP contribution in [0.5, 0.6) is 5.75 Å². The van der Waals surface area contributed by atoms with Gasteiger partial charge in [0.25, 0.3) is 5.91 Å². The fourth-order valence-electron chi connectivity index (χ4n) is 10.5. The van der Waals surface area contributed by atoms with Gasteiger partial charge in [0.2, 0.25) is 17.7 Å². The average molecular weight is 1080 g/mol. The number of hydrogen-bond acceptors (Lipinski definition) is 10. The van der Waals surface area contributed by atoms with Crippen LogP contribution in [0.4, 0.5) is 0 Å². The van der Waals surface area contributed by atoms with E-state index in [9.17, 15) is 29.1 Å². The first-order valence-electron chi connectivity index (χ1n) is 24.3. The molecule has 0 radical (unpaired) electrons. The number of hydrazine groups is 1. The van der Waals surface area contributed by atoms with Crippen LogP contribution in [0.15, 0.2) is 67.3 Å². The van der Waals surface area contributed by atoms with E-state index in [0.29, 0.717) is 50.9 Å². The van der Waals surface area contributed by atoms with Crippen molar-refractivity contribution in [3.8, 4) is 28.1 Å². The predicted molar refractivity (Wildman–Crippen MR) is 308 cm³/mol. The van der Waals surface area contributed by atoms with Gasteiger partial charge in [-0.1, -0.05) is 58.5 Å². The highest BCUT2D eigenvalue weighted by atomic mass is 32.1. The van der Waals surface area contributed by atoms with Crippen molar-refractivity contribution in [2.45, 2.75) is 105 Å². The highest BCUT2D eigenvalue weighted by Crippen LogP contribution is 2.41. The quantitative estimate of drug-likeness (QED) is 0.105. The first-order valence-corrected chi connectivity index (χ1v) is 24.3. The van der Waals surface area contributed by atoms with Crippen molar-refractivity contribution < 1.29 is 38.6 Å². The van der Waals surface area contributed by atoms with Crippen molar-refractivity contribution in [2.24, 2.45) is 17.3 Å². The molecule has 0 unspecified atom stereocenters. The molecule has 3 aliphatic rings.